The molecule has 6 heteroatoms. The lowest BCUT2D eigenvalue weighted by molar-refractivity contribution is 0.454. The molecule has 1 aliphatic heterocycles. The quantitative estimate of drug-likeness (QED) is 0.427. The van der Waals surface area contributed by atoms with Gasteiger partial charge in [-0.1, -0.05) is 18.5 Å². The summed E-state index contributed by atoms with van der Waals surface area (Å²) in [5, 5.41) is 9.16. The van der Waals surface area contributed by atoms with Crippen LogP contribution in [0.15, 0.2) is 48.7 Å². The number of aryl methyl sites for hydroxylation is 1. The van der Waals surface area contributed by atoms with Gasteiger partial charge in [-0.25, -0.2) is 4.98 Å². The molecule has 5 rings (SSSR count). The lowest BCUT2D eigenvalue weighted by Crippen LogP contribution is -2.36. The van der Waals surface area contributed by atoms with E-state index in [0.29, 0.717) is 22.5 Å². The van der Waals surface area contributed by atoms with E-state index in [-0.39, 0.29) is 5.54 Å². The third kappa shape index (κ3) is 3.23. The van der Waals surface area contributed by atoms with Crippen LogP contribution in [0, 0.1) is 6.92 Å². The first-order valence-corrected chi connectivity index (χ1v) is 10.6. The SMILES string of the molecule is Cc1cc2c(cc1-c1ccnc3nc(-c4ccc(Cl)cc4)nn13)[C@@H](C)CC(C)(C)N2. The van der Waals surface area contributed by atoms with E-state index in [0.717, 1.165) is 23.2 Å². The van der Waals surface area contributed by atoms with Crippen molar-refractivity contribution in [3.05, 3.63) is 64.8 Å². The number of benzene rings is 2. The fourth-order valence-electron chi connectivity index (χ4n) is 4.53. The second-order valence-corrected chi connectivity index (χ2v) is 9.29. The van der Waals surface area contributed by atoms with Crippen LogP contribution in [-0.4, -0.2) is 25.1 Å². The minimum absolute atomic E-state index is 0.101. The molecule has 0 amide bonds. The van der Waals surface area contributed by atoms with Crippen molar-refractivity contribution in [3.63, 3.8) is 0 Å². The highest BCUT2D eigenvalue weighted by molar-refractivity contribution is 6.30. The summed E-state index contributed by atoms with van der Waals surface area (Å²) in [5.74, 6) is 1.70. The van der Waals surface area contributed by atoms with Gasteiger partial charge in [0.2, 0.25) is 0 Å². The maximum absolute atomic E-state index is 6.02. The van der Waals surface area contributed by atoms with Crippen molar-refractivity contribution >= 4 is 23.1 Å². The molecule has 0 bridgehead atoms. The van der Waals surface area contributed by atoms with Crippen LogP contribution in [0.5, 0.6) is 0 Å². The Bertz CT molecular complexity index is 1260. The predicted octanol–water partition coefficient (Wildman–Crippen LogP) is 6.12. The van der Waals surface area contributed by atoms with Crippen molar-refractivity contribution in [3.8, 4) is 22.6 Å². The van der Waals surface area contributed by atoms with E-state index in [4.69, 9.17) is 16.7 Å². The lowest BCUT2D eigenvalue weighted by Gasteiger charge is -2.38. The van der Waals surface area contributed by atoms with Crippen LogP contribution in [0.2, 0.25) is 5.02 Å². The molecule has 0 radical (unpaired) electrons. The summed E-state index contributed by atoms with van der Waals surface area (Å²) in [4.78, 5) is 9.07. The number of nitrogens with one attached hydrogen (secondary N) is 1. The summed E-state index contributed by atoms with van der Waals surface area (Å²) in [5.41, 5.74) is 6.93. The Labute approximate surface area is 181 Å². The van der Waals surface area contributed by atoms with Crippen LogP contribution >= 0.6 is 11.6 Å². The van der Waals surface area contributed by atoms with Crippen LogP contribution < -0.4 is 5.32 Å². The molecule has 152 valence electrons. The summed E-state index contributed by atoms with van der Waals surface area (Å²) >= 11 is 6.02. The van der Waals surface area contributed by atoms with E-state index in [9.17, 15) is 0 Å². The van der Waals surface area contributed by atoms with Gasteiger partial charge < -0.3 is 5.32 Å². The highest BCUT2D eigenvalue weighted by Gasteiger charge is 2.30. The number of aromatic nitrogens is 4. The van der Waals surface area contributed by atoms with Crippen molar-refractivity contribution in [2.45, 2.75) is 45.6 Å². The smallest absolute Gasteiger partial charge is 0.253 e. The summed E-state index contributed by atoms with van der Waals surface area (Å²) in [6.45, 7) is 8.97. The Morgan fingerprint density at radius 2 is 1.90 bits per heavy atom. The van der Waals surface area contributed by atoms with Crippen LogP contribution in [0.4, 0.5) is 5.69 Å². The van der Waals surface area contributed by atoms with Crippen molar-refractivity contribution in [1.29, 1.82) is 0 Å². The van der Waals surface area contributed by atoms with Gasteiger partial charge in [0.05, 0.1) is 5.69 Å². The molecule has 1 aliphatic rings. The molecule has 1 N–H and O–H groups in total. The maximum Gasteiger partial charge on any atom is 0.253 e. The zero-order valence-corrected chi connectivity index (χ0v) is 18.3. The number of anilines is 1. The van der Waals surface area contributed by atoms with E-state index >= 15 is 0 Å². The third-order valence-corrected chi connectivity index (χ3v) is 6.09. The fourth-order valence-corrected chi connectivity index (χ4v) is 4.65. The third-order valence-electron chi connectivity index (χ3n) is 5.84. The Kier molecular flexibility index (Phi) is 4.33. The maximum atomic E-state index is 6.02. The van der Waals surface area contributed by atoms with Gasteiger partial charge in [0, 0.05) is 33.6 Å². The second-order valence-electron chi connectivity index (χ2n) is 8.85. The Hall–Kier alpha value is -2.92. The number of halogens is 1. The summed E-state index contributed by atoms with van der Waals surface area (Å²) in [6, 6.07) is 14.1. The van der Waals surface area contributed by atoms with E-state index in [1.54, 1.807) is 6.20 Å². The normalized spacial score (nSPS) is 17.6. The Morgan fingerprint density at radius 3 is 2.67 bits per heavy atom. The van der Waals surface area contributed by atoms with Crippen LogP contribution in [0.1, 0.15) is 44.2 Å². The molecule has 0 fully saturated rings. The van der Waals surface area contributed by atoms with Gasteiger partial charge in [0.25, 0.3) is 5.78 Å². The fraction of sp³-hybridized carbons (Fsp3) is 0.292. The molecule has 3 heterocycles. The number of rotatable bonds is 2. The molecule has 4 aromatic rings. The minimum atomic E-state index is 0.101. The second kappa shape index (κ2) is 6.81. The predicted molar refractivity (Wildman–Crippen MR) is 122 cm³/mol. The highest BCUT2D eigenvalue weighted by Crippen LogP contribution is 2.41. The van der Waals surface area contributed by atoms with E-state index in [2.05, 4.69) is 55.1 Å². The number of fused-ring (bicyclic) bond motifs is 2. The molecule has 0 saturated carbocycles. The van der Waals surface area contributed by atoms with E-state index in [1.807, 2.05) is 34.8 Å². The zero-order valence-electron chi connectivity index (χ0n) is 17.6. The monoisotopic (exact) mass is 417 g/mol. The van der Waals surface area contributed by atoms with Crippen LogP contribution in [-0.2, 0) is 0 Å². The first-order chi connectivity index (χ1) is 14.3. The van der Waals surface area contributed by atoms with Crippen molar-refractivity contribution < 1.29 is 0 Å². The summed E-state index contributed by atoms with van der Waals surface area (Å²) in [6.07, 6.45) is 2.90. The largest absolute Gasteiger partial charge is 0.380 e. The first kappa shape index (κ1) is 19.1. The van der Waals surface area contributed by atoms with Gasteiger partial charge >= 0.3 is 0 Å². The molecule has 0 saturated heterocycles. The highest BCUT2D eigenvalue weighted by atomic mass is 35.5. The number of nitrogens with zero attached hydrogens (tertiary/aromatic N) is 4. The van der Waals surface area contributed by atoms with E-state index in [1.165, 1.54) is 16.8 Å². The van der Waals surface area contributed by atoms with Crippen molar-refractivity contribution in [2.75, 3.05) is 5.32 Å². The first-order valence-electron chi connectivity index (χ1n) is 10.2. The average Bonchev–Trinajstić information content (AvgIpc) is 3.11. The van der Waals surface area contributed by atoms with Crippen molar-refractivity contribution in [2.24, 2.45) is 0 Å². The molecule has 5 nitrogen and oxygen atoms in total. The van der Waals surface area contributed by atoms with Gasteiger partial charge in [0.1, 0.15) is 0 Å². The molecule has 30 heavy (non-hydrogen) atoms. The molecule has 2 aromatic carbocycles. The van der Waals surface area contributed by atoms with Gasteiger partial charge in [-0.05, 0) is 86.7 Å². The summed E-state index contributed by atoms with van der Waals surface area (Å²) < 4.78 is 1.84. The van der Waals surface area contributed by atoms with Gasteiger partial charge in [0.15, 0.2) is 5.82 Å². The minimum Gasteiger partial charge on any atom is -0.380 e. The molecule has 0 aliphatic carbocycles. The standard InChI is InChI=1S/C24H24ClN5/c1-14-11-20-18(15(2)13-24(3,4)28-20)12-19(14)21-9-10-26-23-27-22(29-30(21)23)16-5-7-17(25)8-6-16/h5-12,15,28H,13H2,1-4H3/t15-/m0/s1. The summed E-state index contributed by atoms with van der Waals surface area (Å²) in [7, 11) is 0. The van der Waals surface area contributed by atoms with Crippen LogP contribution in [0.25, 0.3) is 28.4 Å². The molecule has 0 unspecified atom stereocenters. The number of hydrogen-bond acceptors (Lipinski definition) is 4. The van der Waals surface area contributed by atoms with Gasteiger partial charge in [-0.3, -0.25) is 0 Å². The molecule has 0 spiro atoms. The Balaban J connectivity index is 1.65. The van der Waals surface area contributed by atoms with Gasteiger partial charge in [-0.2, -0.15) is 9.50 Å². The molecule has 1 atom stereocenters. The molecular formula is C24H24ClN5. The topological polar surface area (TPSA) is 55.1 Å². The average molecular weight is 418 g/mol. The van der Waals surface area contributed by atoms with Crippen LogP contribution in [0.3, 0.4) is 0 Å². The lowest BCUT2D eigenvalue weighted by atomic mass is 9.80. The van der Waals surface area contributed by atoms with Crippen molar-refractivity contribution in [1.82, 2.24) is 19.6 Å². The molecular weight excluding hydrogens is 394 g/mol. The van der Waals surface area contributed by atoms with Gasteiger partial charge in [-0.15, -0.1) is 5.10 Å². The molecule has 2 aromatic heterocycles. The zero-order chi connectivity index (χ0) is 21.0. The number of hydrogen-bond donors (Lipinski definition) is 1. The van der Waals surface area contributed by atoms with E-state index < -0.39 is 0 Å². The Morgan fingerprint density at radius 1 is 1.13 bits per heavy atom.